The zero-order valence-corrected chi connectivity index (χ0v) is 11.6. The summed E-state index contributed by atoms with van der Waals surface area (Å²) in [6.45, 7) is 6.44. The van der Waals surface area contributed by atoms with Crippen LogP contribution in [0.1, 0.15) is 33.6 Å². The molecule has 1 aromatic carbocycles. The van der Waals surface area contributed by atoms with Crippen LogP contribution in [0.15, 0.2) is 29.3 Å². The molecule has 1 N–H and O–H groups in total. The number of aromatic hydroxyl groups is 1. The van der Waals surface area contributed by atoms with Gasteiger partial charge in [0, 0.05) is 11.3 Å². The summed E-state index contributed by atoms with van der Waals surface area (Å²) >= 11 is 0. The van der Waals surface area contributed by atoms with Crippen LogP contribution >= 0.6 is 0 Å². The molecule has 3 nitrogen and oxygen atoms in total. The molecule has 2 saturated carbocycles. The Morgan fingerprint density at radius 3 is 2.37 bits per heavy atom. The minimum atomic E-state index is -0.257. The maximum Gasteiger partial charge on any atom is 0.183 e. The van der Waals surface area contributed by atoms with Crippen molar-refractivity contribution in [1.29, 1.82) is 0 Å². The number of hydrogen-bond acceptors (Lipinski definition) is 3. The molecule has 2 aliphatic rings. The topological polar surface area (TPSA) is 49.7 Å². The molecule has 0 radical (unpaired) electrons. The van der Waals surface area contributed by atoms with Crippen molar-refractivity contribution in [1.82, 2.24) is 0 Å². The van der Waals surface area contributed by atoms with Crippen LogP contribution in [0.2, 0.25) is 0 Å². The van der Waals surface area contributed by atoms with E-state index in [4.69, 9.17) is 0 Å². The molecular weight excluding hydrogens is 238 g/mol. The van der Waals surface area contributed by atoms with Gasteiger partial charge >= 0.3 is 0 Å². The molecule has 1 aromatic rings. The molecule has 3 rings (SSSR count). The molecule has 0 amide bonds. The molecule has 0 saturated heterocycles. The Morgan fingerprint density at radius 1 is 1.21 bits per heavy atom. The number of benzene rings is 1. The maximum absolute atomic E-state index is 12.6. The highest BCUT2D eigenvalue weighted by Crippen LogP contribution is 2.62. The van der Waals surface area contributed by atoms with Gasteiger partial charge in [-0.2, -0.15) is 0 Å². The monoisotopic (exact) mass is 257 g/mol. The number of aliphatic imine (C=N–C) groups is 1. The largest absolute Gasteiger partial charge is 0.508 e. The van der Waals surface area contributed by atoms with E-state index in [1.165, 1.54) is 0 Å². The van der Waals surface area contributed by atoms with Gasteiger partial charge in [-0.3, -0.25) is 4.79 Å². The van der Waals surface area contributed by atoms with Crippen LogP contribution in [0.4, 0.5) is 5.69 Å². The highest BCUT2D eigenvalue weighted by Gasteiger charge is 2.64. The predicted molar refractivity (Wildman–Crippen MR) is 74.8 cm³/mol. The van der Waals surface area contributed by atoms with E-state index in [-0.39, 0.29) is 28.3 Å². The standard InChI is InChI=1S/C16H19NO2/c1-15(2)12-8-9-16(15,3)14(19)13(12)17-10-4-6-11(18)7-5-10/h4-7,12,18H,8-9H2,1-3H3. The Kier molecular flexibility index (Phi) is 2.40. The number of hydrogen-bond donors (Lipinski definition) is 1. The van der Waals surface area contributed by atoms with Crippen molar-refractivity contribution in [3.63, 3.8) is 0 Å². The lowest BCUT2D eigenvalue weighted by Crippen LogP contribution is -2.33. The smallest absolute Gasteiger partial charge is 0.183 e. The molecule has 2 bridgehead atoms. The van der Waals surface area contributed by atoms with E-state index in [0.717, 1.165) is 24.2 Å². The fourth-order valence-electron chi connectivity index (χ4n) is 3.62. The molecule has 2 atom stereocenters. The Morgan fingerprint density at radius 2 is 1.84 bits per heavy atom. The number of fused-ring (bicyclic) bond motifs is 2. The minimum absolute atomic E-state index is 0.000163. The normalized spacial score (nSPS) is 34.2. The van der Waals surface area contributed by atoms with Gasteiger partial charge in [0.05, 0.1) is 11.4 Å². The highest BCUT2D eigenvalue weighted by atomic mass is 16.3. The molecular formula is C16H19NO2. The quantitative estimate of drug-likeness (QED) is 0.837. The molecule has 3 heteroatoms. The van der Waals surface area contributed by atoms with Gasteiger partial charge in [0.25, 0.3) is 0 Å². The summed E-state index contributed by atoms with van der Waals surface area (Å²) in [5.41, 5.74) is 1.21. The second-order valence-electron chi connectivity index (χ2n) is 6.49. The van der Waals surface area contributed by atoms with Crippen LogP contribution in [0.3, 0.4) is 0 Å². The summed E-state index contributed by atoms with van der Waals surface area (Å²) in [4.78, 5) is 17.2. The van der Waals surface area contributed by atoms with Crippen LogP contribution in [0.25, 0.3) is 0 Å². The number of carbonyl (C=O) groups excluding carboxylic acids is 1. The summed E-state index contributed by atoms with van der Waals surface area (Å²) in [7, 11) is 0. The second kappa shape index (κ2) is 3.69. The molecule has 100 valence electrons. The zero-order chi connectivity index (χ0) is 13.8. The number of ketones is 1. The average Bonchev–Trinajstić information content (AvgIpc) is 2.66. The first-order valence-electron chi connectivity index (χ1n) is 6.79. The molecule has 2 unspecified atom stereocenters. The van der Waals surface area contributed by atoms with E-state index in [1.54, 1.807) is 24.3 Å². The molecule has 2 aliphatic carbocycles. The van der Waals surface area contributed by atoms with Gasteiger partial charge < -0.3 is 5.11 Å². The van der Waals surface area contributed by atoms with Gasteiger partial charge in [-0.15, -0.1) is 0 Å². The van der Waals surface area contributed by atoms with E-state index in [9.17, 15) is 9.90 Å². The van der Waals surface area contributed by atoms with Gasteiger partial charge in [0.2, 0.25) is 0 Å². The molecule has 19 heavy (non-hydrogen) atoms. The Bertz CT molecular complexity index is 571. The Labute approximate surface area is 113 Å². The SMILES string of the molecule is CC12CCC(C(=Nc3ccc(O)cc3)C1=O)C2(C)C. The Balaban J connectivity index is 2.04. The number of Topliss-reactive ketones (excluding diaryl/α,β-unsaturated/α-hetero) is 1. The lowest BCUT2D eigenvalue weighted by Gasteiger charge is -2.31. The van der Waals surface area contributed by atoms with Crippen LogP contribution < -0.4 is 0 Å². The third-order valence-corrected chi connectivity index (χ3v) is 5.39. The first kappa shape index (κ1) is 12.4. The third-order valence-electron chi connectivity index (χ3n) is 5.39. The van der Waals surface area contributed by atoms with Crippen LogP contribution in [0, 0.1) is 16.7 Å². The summed E-state index contributed by atoms with van der Waals surface area (Å²) in [6, 6.07) is 6.70. The van der Waals surface area contributed by atoms with E-state index in [1.807, 2.05) is 0 Å². The van der Waals surface area contributed by atoms with Crippen molar-refractivity contribution in [3.05, 3.63) is 24.3 Å². The van der Waals surface area contributed by atoms with Crippen molar-refractivity contribution >= 4 is 17.2 Å². The summed E-state index contributed by atoms with van der Waals surface area (Å²) < 4.78 is 0. The lowest BCUT2D eigenvalue weighted by molar-refractivity contribution is -0.123. The van der Waals surface area contributed by atoms with Crippen LogP contribution in [0.5, 0.6) is 5.75 Å². The average molecular weight is 257 g/mol. The van der Waals surface area contributed by atoms with Gasteiger partial charge in [0.1, 0.15) is 5.75 Å². The van der Waals surface area contributed by atoms with Crippen molar-refractivity contribution in [2.24, 2.45) is 21.7 Å². The van der Waals surface area contributed by atoms with Gasteiger partial charge in [-0.25, -0.2) is 4.99 Å². The van der Waals surface area contributed by atoms with E-state index in [0.29, 0.717) is 0 Å². The van der Waals surface area contributed by atoms with Crippen LogP contribution in [-0.2, 0) is 4.79 Å². The van der Waals surface area contributed by atoms with Gasteiger partial charge in [-0.1, -0.05) is 20.8 Å². The first-order valence-corrected chi connectivity index (χ1v) is 6.79. The Hall–Kier alpha value is -1.64. The van der Waals surface area contributed by atoms with E-state index in [2.05, 4.69) is 25.8 Å². The summed E-state index contributed by atoms with van der Waals surface area (Å²) in [5, 5.41) is 9.28. The summed E-state index contributed by atoms with van der Waals surface area (Å²) in [5.74, 6) is 0.691. The fourth-order valence-corrected chi connectivity index (χ4v) is 3.62. The lowest BCUT2D eigenvalue weighted by atomic mass is 9.70. The summed E-state index contributed by atoms with van der Waals surface area (Å²) in [6.07, 6.45) is 2.02. The highest BCUT2D eigenvalue weighted by molar-refractivity contribution is 6.46. The molecule has 2 fully saturated rings. The van der Waals surface area contributed by atoms with Crippen molar-refractivity contribution in [2.75, 3.05) is 0 Å². The molecule has 0 aliphatic heterocycles. The van der Waals surface area contributed by atoms with Gasteiger partial charge in [0.15, 0.2) is 5.78 Å². The third kappa shape index (κ3) is 1.50. The number of carbonyl (C=O) groups is 1. The fraction of sp³-hybridized carbons (Fsp3) is 0.500. The first-order chi connectivity index (χ1) is 8.86. The molecule has 0 spiro atoms. The van der Waals surface area contributed by atoms with Crippen LogP contribution in [-0.4, -0.2) is 16.6 Å². The zero-order valence-electron chi connectivity index (χ0n) is 11.6. The molecule has 0 aromatic heterocycles. The minimum Gasteiger partial charge on any atom is -0.508 e. The van der Waals surface area contributed by atoms with E-state index < -0.39 is 0 Å². The van der Waals surface area contributed by atoms with Crippen molar-refractivity contribution in [3.8, 4) is 5.75 Å². The number of phenolic OH excluding ortho intramolecular Hbond substituents is 1. The number of phenols is 1. The van der Waals surface area contributed by atoms with Gasteiger partial charge in [-0.05, 0) is 42.5 Å². The predicted octanol–water partition coefficient (Wildman–Crippen LogP) is 3.49. The van der Waals surface area contributed by atoms with Crippen molar-refractivity contribution in [2.45, 2.75) is 33.6 Å². The number of nitrogens with zero attached hydrogens (tertiary/aromatic N) is 1. The van der Waals surface area contributed by atoms with E-state index >= 15 is 0 Å². The number of rotatable bonds is 1. The van der Waals surface area contributed by atoms with Crippen molar-refractivity contribution < 1.29 is 9.90 Å². The maximum atomic E-state index is 12.6. The second-order valence-corrected chi connectivity index (χ2v) is 6.49. The molecule has 0 heterocycles.